The molecule has 0 amide bonds. The summed E-state index contributed by atoms with van der Waals surface area (Å²) < 4.78 is 25.2. The van der Waals surface area contributed by atoms with Gasteiger partial charge in [-0.05, 0) is 49.0 Å². The van der Waals surface area contributed by atoms with Gasteiger partial charge < -0.3 is 5.32 Å². The SMILES string of the molecule is CCC1(c2cccc(NS(C)(=O)=O)c2)[C@@H]2CNC[C@@H]21. The van der Waals surface area contributed by atoms with Gasteiger partial charge in [-0.15, -0.1) is 0 Å². The molecule has 1 aromatic carbocycles. The highest BCUT2D eigenvalue weighted by Crippen LogP contribution is 2.63. The van der Waals surface area contributed by atoms with Crippen molar-refractivity contribution in [1.82, 2.24) is 5.32 Å². The van der Waals surface area contributed by atoms with Crippen LogP contribution in [0.25, 0.3) is 0 Å². The molecule has 104 valence electrons. The first-order valence-electron chi connectivity index (χ1n) is 6.76. The molecule has 2 fully saturated rings. The van der Waals surface area contributed by atoms with Crippen LogP contribution in [0.4, 0.5) is 5.69 Å². The number of rotatable bonds is 4. The van der Waals surface area contributed by atoms with Crippen LogP contribution in [0.15, 0.2) is 24.3 Å². The molecule has 1 aromatic rings. The van der Waals surface area contributed by atoms with E-state index in [9.17, 15) is 8.42 Å². The fraction of sp³-hybridized carbons (Fsp3) is 0.571. The summed E-state index contributed by atoms with van der Waals surface area (Å²) in [6.45, 7) is 4.40. The summed E-state index contributed by atoms with van der Waals surface area (Å²) in [6, 6.07) is 7.89. The van der Waals surface area contributed by atoms with Gasteiger partial charge in [-0.1, -0.05) is 19.1 Å². The molecule has 19 heavy (non-hydrogen) atoms. The molecule has 1 saturated heterocycles. The number of hydrogen-bond donors (Lipinski definition) is 2. The van der Waals surface area contributed by atoms with Crippen molar-refractivity contribution in [3.8, 4) is 0 Å². The first-order valence-corrected chi connectivity index (χ1v) is 8.65. The van der Waals surface area contributed by atoms with Gasteiger partial charge in [0.15, 0.2) is 0 Å². The minimum atomic E-state index is -3.21. The molecular weight excluding hydrogens is 260 g/mol. The predicted molar refractivity (Wildman–Crippen MR) is 76.7 cm³/mol. The van der Waals surface area contributed by atoms with E-state index in [1.165, 1.54) is 11.8 Å². The highest BCUT2D eigenvalue weighted by atomic mass is 32.2. The smallest absolute Gasteiger partial charge is 0.229 e. The molecule has 2 aliphatic rings. The molecule has 1 aliphatic heterocycles. The van der Waals surface area contributed by atoms with Gasteiger partial charge in [0.25, 0.3) is 0 Å². The lowest BCUT2D eigenvalue weighted by Crippen LogP contribution is -2.25. The van der Waals surface area contributed by atoms with Crippen LogP contribution in [0.2, 0.25) is 0 Å². The molecule has 1 heterocycles. The zero-order chi connectivity index (χ0) is 13.7. The average Bonchev–Trinajstić information content (AvgIpc) is 2.70. The summed E-state index contributed by atoms with van der Waals surface area (Å²) in [5.41, 5.74) is 2.21. The number of nitrogens with one attached hydrogen (secondary N) is 2. The molecule has 0 radical (unpaired) electrons. The van der Waals surface area contributed by atoms with E-state index in [0.29, 0.717) is 17.5 Å². The minimum absolute atomic E-state index is 0.264. The third-order valence-electron chi connectivity index (χ3n) is 4.72. The maximum absolute atomic E-state index is 11.3. The van der Waals surface area contributed by atoms with E-state index in [0.717, 1.165) is 19.5 Å². The summed E-state index contributed by atoms with van der Waals surface area (Å²) in [5, 5.41) is 3.42. The van der Waals surface area contributed by atoms with Gasteiger partial charge in [0, 0.05) is 11.1 Å². The van der Waals surface area contributed by atoms with Crippen molar-refractivity contribution in [2.45, 2.75) is 18.8 Å². The molecule has 3 rings (SSSR count). The van der Waals surface area contributed by atoms with Crippen molar-refractivity contribution in [2.24, 2.45) is 11.8 Å². The molecule has 0 bridgehead atoms. The van der Waals surface area contributed by atoms with Crippen molar-refractivity contribution in [3.63, 3.8) is 0 Å². The van der Waals surface area contributed by atoms with Crippen LogP contribution in [0, 0.1) is 11.8 Å². The zero-order valence-electron chi connectivity index (χ0n) is 11.3. The predicted octanol–water partition coefficient (Wildman–Crippen LogP) is 1.56. The normalized spacial score (nSPS) is 32.9. The number of fused-ring (bicyclic) bond motifs is 1. The van der Waals surface area contributed by atoms with Crippen LogP contribution in [-0.4, -0.2) is 27.8 Å². The summed E-state index contributed by atoms with van der Waals surface area (Å²) in [6.07, 6.45) is 2.30. The van der Waals surface area contributed by atoms with Gasteiger partial charge >= 0.3 is 0 Å². The number of sulfonamides is 1. The summed E-state index contributed by atoms with van der Waals surface area (Å²) in [7, 11) is -3.21. The Hall–Kier alpha value is -1.07. The third-order valence-corrected chi connectivity index (χ3v) is 5.32. The Kier molecular flexibility index (Phi) is 2.87. The highest BCUT2D eigenvalue weighted by molar-refractivity contribution is 7.92. The summed E-state index contributed by atoms with van der Waals surface area (Å²) >= 11 is 0. The monoisotopic (exact) mass is 280 g/mol. The Morgan fingerprint density at radius 2 is 2.05 bits per heavy atom. The lowest BCUT2D eigenvalue weighted by Gasteiger charge is -2.21. The van der Waals surface area contributed by atoms with E-state index < -0.39 is 10.0 Å². The van der Waals surface area contributed by atoms with E-state index in [1.807, 2.05) is 18.2 Å². The van der Waals surface area contributed by atoms with Crippen molar-refractivity contribution in [3.05, 3.63) is 29.8 Å². The van der Waals surface area contributed by atoms with E-state index in [-0.39, 0.29) is 5.41 Å². The molecule has 2 N–H and O–H groups in total. The second kappa shape index (κ2) is 4.21. The second-order valence-corrected chi connectivity index (χ2v) is 7.47. The van der Waals surface area contributed by atoms with E-state index in [1.54, 1.807) is 0 Å². The van der Waals surface area contributed by atoms with Gasteiger partial charge in [0.2, 0.25) is 10.0 Å². The molecule has 1 saturated carbocycles. The van der Waals surface area contributed by atoms with Gasteiger partial charge in [-0.3, -0.25) is 4.72 Å². The molecule has 0 spiro atoms. The van der Waals surface area contributed by atoms with E-state index in [4.69, 9.17) is 0 Å². The fourth-order valence-corrected chi connectivity index (χ4v) is 4.45. The first kappa shape index (κ1) is 12.9. The molecule has 0 aromatic heterocycles. The van der Waals surface area contributed by atoms with Gasteiger partial charge in [-0.2, -0.15) is 0 Å². The van der Waals surface area contributed by atoms with E-state index in [2.05, 4.69) is 23.0 Å². The molecule has 5 heteroatoms. The highest BCUT2D eigenvalue weighted by Gasteiger charge is 2.65. The zero-order valence-corrected chi connectivity index (χ0v) is 12.1. The Morgan fingerprint density at radius 3 is 2.63 bits per heavy atom. The maximum Gasteiger partial charge on any atom is 0.229 e. The lowest BCUT2D eigenvalue weighted by molar-refractivity contribution is 0.502. The maximum atomic E-state index is 11.3. The first-order chi connectivity index (χ1) is 8.97. The van der Waals surface area contributed by atoms with Crippen molar-refractivity contribution >= 4 is 15.7 Å². The standard InChI is InChI=1S/C14H20N2O2S/c1-3-14(12-8-15-9-13(12)14)10-5-4-6-11(7-10)16-19(2,17)18/h4-7,12-13,15-16H,3,8-9H2,1-2H3/t12-,13+,14?. The third kappa shape index (κ3) is 2.05. The van der Waals surface area contributed by atoms with Crippen LogP contribution in [0.3, 0.4) is 0 Å². The number of benzene rings is 1. The Balaban J connectivity index is 1.92. The Bertz CT molecular complexity index is 587. The summed E-state index contributed by atoms with van der Waals surface area (Å²) in [5.74, 6) is 1.43. The van der Waals surface area contributed by atoms with Crippen LogP contribution >= 0.6 is 0 Å². The number of anilines is 1. The Morgan fingerprint density at radius 1 is 1.37 bits per heavy atom. The second-order valence-electron chi connectivity index (χ2n) is 5.72. The fourth-order valence-electron chi connectivity index (χ4n) is 3.89. The van der Waals surface area contributed by atoms with Crippen LogP contribution in [0.1, 0.15) is 18.9 Å². The lowest BCUT2D eigenvalue weighted by atomic mass is 9.87. The van der Waals surface area contributed by atoms with Crippen molar-refractivity contribution in [2.75, 3.05) is 24.1 Å². The van der Waals surface area contributed by atoms with Crippen molar-refractivity contribution in [1.29, 1.82) is 0 Å². The van der Waals surface area contributed by atoms with Gasteiger partial charge in [-0.25, -0.2) is 8.42 Å². The van der Waals surface area contributed by atoms with Crippen molar-refractivity contribution < 1.29 is 8.42 Å². The quantitative estimate of drug-likeness (QED) is 0.880. The van der Waals surface area contributed by atoms with E-state index >= 15 is 0 Å². The molecular formula is C14H20N2O2S. The molecule has 4 nitrogen and oxygen atoms in total. The minimum Gasteiger partial charge on any atom is -0.316 e. The number of piperidine rings is 1. The Labute approximate surface area is 114 Å². The molecule has 3 atom stereocenters. The van der Waals surface area contributed by atoms with Gasteiger partial charge in [0.05, 0.1) is 6.26 Å². The van der Waals surface area contributed by atoms with Crippen LogP contribution < -0.4 is 10.0 Å². The molecule has 1 unspecified atom stereocenters. The van der Waals surface area contributed by atoms with Gasteiger partial charge in [0.1, 0.15) is 0 Å². The largest absolute Gasteiger partial charge is 0.316 e. The van der Waals surface area contributed by atoms with Crippen LogP contribution in [0.5, 0.6) is 0 Å². The average molecular weight is 280 g/mol. The summed E-state index contributed by atoms with van der Waals surface area (Å²) in [4.78, 5) is 0. The topological polar surface area (TPSA) is 58.2 Å². The molecule has 1 aliphatic carbocycles. The number of hydrogen-bond acceptors (Lipinski definition) is 3. The van der Waals surface area contributed by atoms with Crippen LogP contribution in [-0.2, 0) is 15.4 Å².